The summed E-state index contributed by atoms with van der Waals surface area (Å²) in [6.45, 7) is 6.59. The van der Waals surface area contributed by atoms with Crippen molar-refractivity contribution in [2.75, 3.05) is 0 Å². The minimum absolute atomic E-state index is 0.0559. The second-order valence-electron chi connectivity index (χ2n) is 5.21. The Kier molecular flexibility index (Phi) is 5.04. The first-order valence-corrected chi connectivity index (χ1v) is 6.60. The standard InChI is InChI=1S/C14H25NO/c1-4-5-6-7-8-9-12(2)14(3)11-10-13(16)15-14/h10-12H,4-9H2,1-3H3,(H,15,16). The Morgan fingerprint density at radius 3 is 2.56 bits per heavy atom. The number of hydrogen-bond donors (Lipinski definition) is 1. The molecule has 2 nitrogen and oxygen atoms in total. The van der Waals surface area contributed by atoms with Crippen molar-refractivity contribution in [3.63, 3.8) is 0 Å². The number of carbonyl (C=O) groups excluding carboxylic acids is 1. The van der Waals surface area contributed by atoms with Crippen LogP contribution in [0.2, 0.25) is 0 Å². The maximum absolute atomic E-state index is 11.2. The first-order chi connectivity index (χ1) is 7.58. The summed E-state index contributed by atoms with van der Waals surface area (Å²) in [5.41, 5.74) is -0.109. The SMILES string of the molecule is CCCCCCCC(C)C1(C)C=CC(=O)N1. The van der Waals surface area contributed by atoms with Crippen LogP contribution in [0.15, 0.2) is 12.2 Å². The molecule has 1 aliphatic heterocycles. The van der Waals surface area contributed by atoms with Crippen molar-refractivity contribution in [1.29, 1.82) is 0 Å². The lowest BCUT2D eigenvalue weighted by molar-refractivity contribution is -0.117. The third-order valence-electron chi connectivity index (χ3n) is 3.74. The van der Waals surface area contributed by atoms with Gasteiger partial charge >= 0.3 is 0 Å². The van der Waals surface area contributed by atoms with E-state index in [9.17, 15) is 4.79 Å². The Morgan fingerprint density at radius 2 is 2.00 bits per heavy atom. The van der Waals surface area contributed by atoms with Gasteiger partial charge in [-0.1, -0.05) is 52.0 Å². The summed E-state index contributed by atoms with van der Waals surface area (Å²) in [6.07, 6.45) is 11.5. The maximum atomic E-state index is 11.2. The van der Waals surface area contributed by atoms with Crippen molar-refractivity contribution >= 4 is 5.91 Å². The molecule has 16 heavy (non-hydrogen) atoms. The smallest absolute Gasteiger partial charge is 0.244 e. The van der Waals surface area contributed by atoms with Gasteiger partial charge in [-0.05, 0) is 19.3 Å². The van der Waals surface area contributed by atoms with Gasteiger partial charge in [0, 0.05) is 6.08 Å². The van der Waals surface area contributed by atoms with Crippen LogP contribution < -0.4 is 5.32 Å². The van der Waals surface area contributed by atoms with Crippen molar-refractivity contribution in [2.45, 2.75) is 64.8 Å². The summed E-state index contributed by atoms with van der Waals surface area (Å²) in [6, 6.07) is 0. The highest BCUT2D eigenvalue weighted by atomic mass is 16.1. The molecular formula is C14H25NO. The van der Waals surface area contributed by atoms with Crippen LogP contribution >= 0.6 is 0 Å². The predicted octanol–water partition coefficient (Wildman–Crippen LogP) is 3.43. The monoisotopic (exact) mass is 223 g/mol. The van der Waals surface area contributed by atoms with Crippen LogP contribution in [0.1, 0.15) is 59.3 Å². The second kappa shape index (κ2) is 6.07. The molecule has 0 bridgehead atoms. The number of unbranched alkanes of at least 4 members (excludes halogenated alkanes) is 4. The molecule has 2 atom stereocenters. The fourth-order valence-electron chi connectivity index (χ4n) is 2.24. The van der Waals surface area contributed by atoms with Gasteiger partial charge in [0.2, 0.25) is 5.91 Å². The van der Waals surface area contributed by atoms with Crippen molar-refractivity contribution < 1.29 is 4.79 Å². The Morgan fingerprint density at radius 1 is 1.31 bits per heavy atom. The van der Waals surface area contributed by atoms with Gasteiger partial charge in [-0.25, -0.2) is 0 Å². The molecule has 0 saturated carbocycles. The van der Waals surface area contributed by atoms with Crippen LogP contribution in [0.25, 0.3) is 0 Å². The van der Waals surface area contributed by atoms with Crippen LogP contribution in [-0.4, -0.2) is 11.4 Å². The summed E-state index contributed by atoms with van der Waals surface area (Å²) >= 11 is 0. The molecule has 92 valence electrons. The molecule has 0 aromatic carbocycles. The molecule has 1 aliphatic rings. The maximum Gasteiger partial charge on any atom is 0.244 e. The van der Waals surface area contributed by atoms with Gasteiger partial charge in [0.25, 0.3) is 0 Å². The first kappa shape index (κ1) is 13.3. The predicted molar refractivity (Wildman–Crippen MR) is 68.2 cm³/mol. The van der Waals surface area contributed by atoms with Crippen molar-refractivity contribution in [3.05, 3.63) is 12.2 Å². The third-order valence-corrected chi connectivity index (χ3v) is 3.74. The summed E-state index contributed by atoms with van der Waals surface area (Å²) in [5.74, 6) is 0.581. The molecule has 0 aliphatic carbocycles. The Balaban J connectivity index is 2.22. The average Bonchev–Trinajstić information content (AvgIpc) is 2.59. The van der Waals surface area contributed by atoms with Crippen molar-refractivity contribution in [3.8, 4) is 0 Å². The Hall–Kier alpha value is -0.790. The fourth-order valence-corrected chi connectivity index (χ4v) is 2.24. The number of hydrogen-bond acceptors (Lipinski definition) is 1. The molecule has 0 fully saturated rings. The van der Waals surface area contributed by atoms with Crippen LogP contribution in [0, 0.1) is 5.92 Å². The van der Waals surface area contributed by atoms with E-state index >= 15 is 0 Å². The van der Waals surface area contributed by atoms with E-state index in [0.717, 1.165) is 0 Å². The Bertz CT molecular complexity index is 259. The van der Waals surface area contributed by atoms with Crippen molar-refractivity contribution in [2.24, 2.45) is 5.92 Å². The molecule has 2 heteroatoms. The highest BCUT2D eigenvalue weighted by molar-refractivity contribution is 5.91. The first-order valence-electron chi connectivity index (χ1n) is 6.60. The molecule has 0 aromatic heterocycles. The van der Waals surface area contributed by atoms with Gasteiger partial charge in [-0.15, -0.1) is 0 Å². The van der Waals surface area contributed by atoms with E-state index in [4.69, 9.17) is 0 Å². The largest absolute Gasteiger partial charge is 0.344 e. The molecule has 1 amide bonds. The summed E-state index contributed by atoms with van der Waals surface area (Å²) < 4.78 is 0. The molecule has 0 radical (unpaired) electrons. The van der Waals surface area contributed by atoms with E-state index in [1.807, 2.05) is 6.08 Å². The van der Waals surface area contributed by atoms with Gasteiger partial charge in [0.1, 0.15) is 0 Å². The zero-order chi connectivity index (χ0) is 12.0. The van der Waals surface area contributed by atoms with Gasteiger partial charge in [-0.2, -0.15) is 0 Å². The molecule has 0 aromatic rings. The molecule has 1 rings (SSSR count). The molecule has 1 heterocycles. The number of nitrogens with one attached hydrogen (secondary N) is 1. The van der Waals surface area contributed by atoms with E-state index in [-0.39, 0.29) is 11.4 Å². The summed E-state index contributed by atoms with van der Waals surface area (Å²) in [5, 5.41) is 3.03. The Labute approximate surface area is 99.5 Å². The molecular weight excluding hydrogens is 198 g/mol. The average molecular weight is 223 g/mol. The zero-order valence-corrected chi connectivity index (χ0v) is 10.9. The van der Waals surface area contributed by atoms with Gasteiger partial charge in [0.05, 0.1) is 5.54 Å². The lowest BCUT2D eigenvalue weighted by Crippen LogP contribution is -2.44. The van der Waals surface area contributed by atoms with Gasteiger partial charge < -0.3 is 5.32 Å². The van der Waals surface area contributed by atoms with Crippen LogP contribution in [0.5, 0.6) is 0 Å². The number of amides is 1. The van der Waals surface area contributed by atoms with E-state index in [1.165, 1.54) is 38.5 Å². The lowest BCUT2D eigenvalue weighted by atomic mass is 9.84. The minimum Gasteiger partial charge on any atom is -0.344 e. The molecule has 1 N–H and O–H groups in total. The van der Waals surface area contributed by atoms with Crippen LogP contribution in [0.3, 0.4) is 0 Å². The zero-order valence-electron chi connectivity index (χ0n) is 10.9. The van der Waals surface area contributed by atoms with Gasteiger partial charge in [-0.3, -0.25) is 4.79 Å². The van der Waals surface area contributed by atoms with E-state index < -0.39 is 0 Å². The van der Waals surface area contributed by atoms with Crippen molar-refractivity contribution in [1.82, 2.24) is 5.32 Å². The number of carbonyl (C=O) groups is 1. The van der Waals surface area contributed by atoms with Crippen LogP contribution in [0.4, 0.5) is 0 Å². The molecule has 0 saturated heterocycles. The molecule has 2 unspecified atom stereocenters. The minimum atomic E-state index is -0.109. The van der Waals surface area contributed by atoms with Crippen LogP contribution in [-0.2, 0) is 4.79 Å². The van der Waals surface area contributed by atoms with E-state index in [0.29, 0.717) is 5.92 Å². The third kappa shape index (κ3) is 3.66. The quantitative estimate of drug-likeness (QED) is 0.658. The molecule has 0 spiro atoms. The van der Waals surface area contributed by atoms with E-state index in [2.05, 4.69) is 26.1 Å². The second-order valence-corrected chi connectivity index (χ2v) is 5.21. The fraction of sp³-hybridized carbons (Fsp3) is 0.786. The summed E-state index contributed by atoms with van der Waals surface area (Å²) in [7, 11) is 0. The van der Waals surface area contributed by atoms with E-state index in [1.54, 1.807) is 6.08 Å². The lowest BCUT2D eigenvalue weighted by Gasteiger charge is -2.30. The van der Waals surface area contributed by atoms with Gasteiger partial charge in [0.15, 0.2) is 0 Å². The highest BCUT2D eigenvalue weighted by Crippen LogP contribution is 2.27. The topological polar surface area (TPSA) is 29.1 Å². The normalized spacial score (nSPS) is 25.8. The summed E-state index contributed by atoms with van der Waals surface area (Å²) in [4.78, 5) is 11.2. The number of rotatable bonds is 7. The highest BCUT2D eigenvalue weighted by Gasteiger charge is 2.32.